The monoisotopic (exact) mass is 681 g/mol. The van der Waals surface area contributed by atoms with Gasteiger partial charge in [0, 0.05) is 31.1 Å². The Kier molecular flexibility index (Phi) is 13.0. The molecular formula is C36H47N3O8S. The highest BCUT2D eigenvalue weighted by Gasteiger charge is 2.26. The van der Waals surface area contributed by atoms with Gasteiger partial charge in [-0.15, -0.1) is 0 Å². The first kappa shape index (κ1) is 36.8. The maximum atomic E-state index is 13.1. The Bertz CT molecular complexity index is 1600. The quantitative estimate of drug-likeness (QED) is 0.202. The molecule has 4 rings (SSSR count). The fraction of sp³-hybridized carbons (Fsp3) is 0.472. The minimum Gasteiger partial charge on any atom is -0.490 e. The second-order valence-corrected chi connectivity index (χ2v) is 14.9. The number of carbonyl (C=O) groups is 2. The van der Waals surface area contributed by atoms with Gasteiger partial charge >= 0.3 is 6.09 Å². The van der Waals surface area contributed by atoms with Crippen molar-refractivity contribution >= 4 is 22.0 Å². The average molecular weight is 682 g/mol. The maximum absolute atomic E-state index is 13.1. The van der Waals surface area contributed by atoms with E-state index < -0.39 is 33.7 Å². The zero-order valence-electron chi connectivity index (χ0n) is 27.9. The van der Waals surface area contributed by atoms with Gasteiger partial charge in [-0.05, 0) is 94.2 Å². The summed E-state index contributed by atoms with van der Waals surface area (Å²) in [4.78, 5) is 31.7. The molecular weight excluding hydrogens is 634 g/mol. The van der Waals surface area contributed by atoms with Crippen molar-refractivity contribution < 1.29 is 37.7 Å². The van der Waals surface area contributed by atoms with Crippen molar-refractivity contribution in [2.45, 2.75) is 83.5 Å². The van der Waals surface area contributed by atoms with E-state index in [2.05, 4.69) is 9.71 Å². The molecule has 11 nitrogen and oxygen atoms in total. The van der Waals surface area contributed by atoms with Crippen molar-refractivity contribution in [3.63, 3.8) is 0 Å². The molecule has 2 aromatic carbocycles. The number of carbonyl (C=O) groups excluding carboxylic acids is 2. The molecule has 0 radical (unpaired) electrons. The van der Waals surface area contributed by atoms with Gasteiger partial charge in [-0.3, -0.25) is 9.78 Å². The van der Waals surface area contributed by atoms with Crippen LogP contribution in [0.1, 0.15) is 86.9 Å². The third-order valence-electron chi connectivity index (χ3n) is 7.96. The van der Waals surface area contributed by atoms with Crippen molar-refractivity contribution in [1.82, 2.24) is 14.6 Å². The van der Waals surface area contributed by atoms with Crippen LogP contribution in [-0.2, 0) is 21.2 Å². The van der Waals surface area contributed by atoms with E-state index >= 15 is 0 Å². The number of sulfonamides is 1. The number of amides is 2. The summed E-state index contributed by atoms with van der Waals surface area (Å²) in [6.07, 6.45) is 7.10. The van der Waals surface area contributed by atoms with Crippen molar-refractivity contribution in [3.05, 3.63) is 83.7 Å². The molecule has 1 aliphatic carbocycles. The molecule has 1 heterocycles. The summed E-state index contributed by atoms with van der Waals surface area (Å²) in [5.74, 6) is -0.818. The van der Waals surface area contributed by atoms with Gasteiger partial charge in [0.1, 0.15) is 11.4 Å². The summed E-state index contributed by atoms with van der Waals surface area (Å²) in [6, 6.07) is 16.4. The Labute approximate surface area is 283 Å². The van der Waals surface area contributed by atoms with E-state index in [1.54, 1.807) is 63.5 Å². The van der Waals surface area contributed by atoms with Gasteiger partial charge in [0.25, 0.3) is 5.91 Å². The number of rotatable bonds is 14. The molecule has 1 aromatic heterocycles. The number of aliphatic hydroxyl groups excluding tert-OH is 2. The lowest BCUT2D eigenvalue weighted by Gasteiger charge is -2.29. The van der Waals surface area contributed by atoms with Gasteiger partial charge in [0.2, 0.25) is 10.0 Å². The Morgan fingerprint density at radius 3 is 2.40 bits per heavy atom. The number of nitrogens with zero attached hydrogens (tertiary/aromatic N) is 2. The van der Waals surface area contributed by atoms with Crippen LogP contribution in [0.3, 0.4) is 0 Å². The minimum absolute atomic E-state index is 0.0232. The molecule has 0 unspecified atom stereocenters. The number of aliphatic hydroxyl groups is 2. The minimum atomic E-state index is -3.92. The number of ether oxygens (including phenoxy) is 2. The number of nitrogens with one attached hydrogen (secondary N) is 1. The standard InChI is InChI=1S/C36H47N3O8S/c1-36(2,3)47-35(43)39(25-32(41)29-9-7-19-37-24-29)20-18-26-12-14-27(15-13-26)28-16-17-31(34(42)38-48(44,45)22-8-21-40)33(23-28)46-30-10-5-4-6-11-30/h7,9,12-17,19,23-24,30,32,40-41H,4-6,8,10-11,18,20-22,25H2,1-3H3,(H,38,42)/t32-/m0/s1. The molecule has 260 valence electrons. The Hall–Kier alpha value is -4.00. The van der Waals surface area contributed by atoms with Gasteiger partial charge in [-0.1, -0.05) is 42.8 Å². The summed E-state index contributed by atoms with van der Waals surface area (Å²) in [6.45, 7) is 5.46. The van der Waals surface area contributed by atoms with Gasteiger partial charge in [0.05, 0.1) is 30.1 Å². The highest BCUT2D eigenvalue weighted by atomic mass is 32.2. The van der Waals surface area contributed by atoms with Crippen LogP contribution in [0, 0.1) is 0 Å². The number of hydrogen-bond acceptors (Lipinski definition) is 9. The molecule has 1 atom stereocenters. The first-order valence-corrected chi connectivity index (χ1v) is 18.1. The highest BCUT2D eigenvalue weighted by Crippen LogP contribution is 2.31. The maximum Gasteiger partial charge on any atom is 0.410 e. The molecule has 2 amide bonds. The molecule has 3 aromatic rings. The number of benzene rings is 2. The van der Waals surface area contributed by atoms with Crippen molar-refractivity contribution in [2.24, 2.45) is 0 Å². The first-order valence-electron chi connectivity index (χ1n) is 16.4. The van der Waals surface area contributed by atoms with Crippen LogP contribution in [0.15, 0.2) is 67.0 Å². The summed E-state index contributed by atoms with van der Waals surface area (Å²) in [7, 11) is -3.92. The van der Waals surface area contributed by atoms with E-state index in [1.807, 2.05) is 24.3 Å². The lowest BCUT2D eigenvalue weighted by molar-refractivity contribution is 0.0146. The molecule has 0 spiro atoms. The summed E-state index contributed by atoms with van der Waals surface area (Å²) in [5, 5.41) is 19.8. The zero-order valence-corrected chi connectivity index (χ0v) is 28.7. The zero-order chi connectivity index (χ0) is 34.7. The Balaban J connectivity index is 1.50. The normalized spacial score (nSPS) is 14.6. The topological polar surface area (TPSA) is 155 Å². The molecule has 0 saturated heterocycles. The summed E-state index contributed by atoms with van der Waals surface area (Å²) < 4.78 is 38.8. The van der Waals surface area contributed by atoms with E-state index in [1.165, 1.54) is 4.90 Å². The fourth-order valence-electron chi connectivity index (χ4n) is 5.45. The van der Waals surface area contributed by atoms with Gasteiger partial charge < -0.3 is 24.6 Å². The number of hydrogen-bond donors (Lipinski definition) is 3. The highest BCUT2D eigenvalue weighted by molar-refractivity contribution is 7.90. The Morgan fingerprint density at radius 2 is 1.75 bits per heavy atom. The lowest BCUT2D eigenvalue weighted by Crippen LogP contribution is -2.40. The van der Waals surface area contributed by atoms with Crippen molar-refractivity contribution in [2.75, 3.05) is 25.4 Å². The Morgan fingerprint density at radius 1 is 1.04 bits per heavy atom. The van der Waals surface area contributed by atoms with E-state index in [9.17, 15) is 23.1 Å². The van der Waals surface area contributed by atoms with E-state index in [4.69, 9.17) is 14.6 Å². The first-order chi connectivity index (χ1) is 22.8. The molecule has 1 aliphatic rings. The van der Waals surface area contributed by atoms with Crippen molar-refractivity contribution in [3.8, 4) is 16.9 Å². The molecule has 3 N–H and O–H groups in total. The predicted octanol–water partition coefficient (Wildman–Crippen LogP) is 5.42. The van der Waals surface area contributed by atoms with E-state index in [0.29, 0.717) is 24.3 Å². The van der Waals surface area contributed by atoms with Gasteiger partial charge in [-0.25, -0.2) is 17.9 Å². The number of aromatic nitrogens is 1. The molecule has 0 aliphatic heterocycles. The van der Waals surface area contributed by atoms with Crippen LogP contribution in [0.4, 0.5) is 4.79 Å². The van der Waals surface area contributed by atoms with E-state index in [-0.39, 0.29) is 37.0 Å². The predicted molar refractivity (Wildman–Crippen MR) is 183 cm³/mol. The summed E-state index contributed by atoms with van der Waals surface area (Å²) >= 11 is 0. The molecule has 0 bridgehead atoms. The van der Waals surface area contributed by atoms with Crippen molar-refractivity contribution in [1.29, 1.82) is 0 Å². The third-order valence-corrected chi connectivity index (χ3v) is 9.29. The second kappa shape index (κ2) is 16.9. The van der Waals surface area contributed by atoms with Gasteiger partial charge in [0.15, 0.2) is 0 Å². The largest absolute Gasteiger partial charge is 0.490 e. The van der Waals surface area contributed by atoms with Crippen LogP contribution >= 0.6 is 0 Å². The fourth-order valence-corrected chi connectivity index (χ4v) is 6.45. The third kappa shape index (κ3) is 11.3. The van der Waals surface area contributed by atoms with Gasteiger partial charge in [-0.2, -0.15) is 0 Å². The second-order valence-electron chi connectivity index (χ2n) is 13.1. The van der Waals surface area contributed by atoms with Crippen LogP contribution in [0.5, 0.6) is 5.75 Å². The van der Waals surface area contributed by atoms with E-state index in [0.717, 1.165) is 48.8 Å². The smallest absolute Gasteiger partial charge is 0.410 e. The SMILES string of the molecule is CC(C)(C)OC(=O)N(CCc1ccc(-c2ccc(C(=O)NS(=O)(=O)CCCO)c(OC3CCCCC3)c2)cc1)C[C@H](O)c1cccnc1. The lowest BCUT2D eigenvalue weighted by atomic mass is 9.97. The summed E-state index contributed by atoms with van der Waals surface area (Å²) in [5.41, 5.74) is 2.66. The molecule has 1 fully saturated rings. The van der Waals surface area contributed by atoms with Crippen LogP contribution in [-0.4, -0.2) is 77.7 Å². The molecule has 48 heavy (non-hydrogen) atoms. The average Bonchev–Trinajstić information content (AvgIpc) is 3.05. The molecule has 12 heteroatoms. The van der Waals surface area contributed by atoms with Crippen LogP contribution < -0.4 is 9.46 Å². The number of pyridine rings is 1. The molecule has 1 saturated carbocycles. The van der Waals surface area contributed by atoms with Crippen LogP contribution in [0.2, 0.25) is 0 Å². The van der Waals surface area contributed by atoms with Crippen LogP contribution in [0.25, 0.3) is 11.1 Å².